The van der Waals surface area contributed by atoms with Crippen molar-refractivity contribution in [2.75, 3.05) is 12.8 Å². The van der Waals surface area contributed by atoms with E-state index in [1.54, 1.807) is 4.90 Å². The number of benzene rings is 1. The van der Waals surface area contributed by atoms with E-state index in [0.717, 1.165) is 11.8 Å². The van der Waals surface area contributed by atoms with Gasteiger partial charge in [0, 0.05) is 19.5 Å². The predicted molar refractivity (Wildman–Crippen MR) is 72.6 cm³/mol. The first kappa shape index (κ1) is 15.0. The van der Waals surface area contributed by atoms with Crippen LogP contribution in [0.4, 0.5) is 0 Å². The van der Waals surface area contributed by atoms with E-state index in [-0.39, 0.29) is 6.42 Å². The molecule has 0 saturated carbocycles. The lowest BCUT2D eigenvalue weighted by Gasteiger charge is -2.20. The molecule has 110 valence electrons. The molecular weight excluding hydrogens is 282 g/mol. The van der Waals surface area contributed by atoms with Crippen molar-refractivity contribution in [3.05, 3.63) is 35.9 Å². The molecular formula is C13H17NO5S. The van der Waals surface area contributed by atoms with Gasteiger partial charge in [-0.25, -0.2) is 0 Å². The molecule has 2 rings (SSSR count). The van der Waals surface area contributed by atoms with Gasteiger partial charge in [0.15, 0.2) is 0 Å². The highest BCUT2D eigenvalue weighted by Crippen LogP contribution is 2.24. The summed E-state index contributed by atoms with van der Waals surface area (Å²) < 4.78 is 27.2. The van der Waals surface area contributed by atoms with Gasteiger partial charge in [-0.05, 0) is 5.56 Å². The summed E-state index contributed by atoms with van der Waals surface area (Å²) in [5, 5.41) is 9.23. The largest absolute Gasteiger partial charge is 0.480 e. The molecule has 0 aromatic heterocycles. The molecule has 1 aromatic rings. The van der Waals surface area contributed by atoms with Crippen LogP contribution < -0.4 is 0 Å². The van der Waals surface area contributed by atoms with Crippen molar-refractivity contribution in [3.63, 3.8) is 0 Å². The molecule has 6 nitrogen and oxygen atoms in total. The van der Waals surface area contributed by atoms with E-state index in [2.05, 4.69) is 0 Å². The highest BCUT2D eigenvalue weighted by molar-refractivity contribution is 7.86. The van der Waals surface area contributed by atoms with E-state index in [1.165, 1.54) is 0 Å². The van der Waals surface area contributed by atoms with Gasteiger partial charge in [0.25, 0.3) is 10.1 Å². The molecule has 0 radical (unpaired) electrons. The quantitative estimate of drug-likeness (QED) is 0.805. The molecule has 20 heavy (non-hydrogen) atoms. The Morgan fingerprint density at radius 3 is 2.60 bits per heavy atom. The van der Waals surface area contributed by atoms with Crippen molar-refractivity contribution >= 4 is 16.1 Å². The maximum Gasteiger partial charge on any atom is 0.321 e. The van der Waals surface area contributed by atoms with Gasteiger partial charge in [-0.3, -0.25) is 13.9 Å². The molecule has 2 atom stereocenters. The number of likely N-dealkylation sites (tertiary alicyclic amines) is 1. The molecule has 1 aromatic carbocycles. The Morgan fingerprint density at radius 2 is 2.05 bits per heavy atom. The van der Waals surface area contributed by atoms with Gasteiger partial charge in [0.1, 0.15) is 6.04 Å². The van der Waals surface area contributed by atoms with Crippen LogP contribution in [0.3, 0.4) is 0 Å². The van der Waals surface area contributed by atoms with E-state index in [9.17, 15) is 18.3 Å². The van der Waals surface area contributed by atoms with E-state index in [1.807, 2.05) is 30.3 Å². The van der Waals surface area contributed by atoms with Gasteiger partial charge in [0.2, 0.25) is 0 Å². The maximum atomic E-state index is 11.3. The molecule has 0 aliphatic carbocycles. The van der Waals surface area contributed by atoms with Gasteiger partial charge < -0.3 is 5.11 Å². The first-order chi connectivity index (χ1) is 9.35. The lowest BCUT2D eigenvalue weighted by Crippen LogP contribution is -2.35. The van der Waals surface area contributed by atoms with Crippen molar-refractivity contribution < 1.29 is 22.5 Å². The molecule has 1 heterocycles. The van der Waals surface area contributed by atoms with Crippen LogP contribution >= 0.6 is 0 Å². The highest BCUT2D eigenvalue weighted by Gasteiger charge is 2.38. The third-order valence-corrected chi connectivity index (χ3v) is 3.81. The molecule has 1 aliphatic heterocycles. The fourth-order valence-electron chi connectivity index (χ4n) is 2.43. The number of carbonyl (C=O) groups is 1. The topological polar surface area (TPSA) is 83.9 Å². The van der Waals surface area contributed by atoms with Gasteiger partial charge in [0.05, 0.1) is 12.4 Å². The van der Waals surface area contributed by atoms with Crippen LogP contribution in [0.5, 0.6) is 0 Å². The average molecular weight is 299 g/mol. The second-order valence-corrected chi connectivity index (χ2v) is 6.53. The van der Waals surface area contributed by atoms with Crippen LogP contribution in [-0.2, 0) is 25.6 Å². The molecule has 2 unspecified atom stereocenters. The van der Waals surface area contributed by atoms with E-state index in [4.69, 9.17) is 4.18 Å². The van der Waals surface area contributed by atoms with E-state index in [0.29, 0.717) is 13.1 Å². The zero-order valence-electron chi connectivity index (χ0n) is 11.1. The van der Waals surface area contributed by atoms with Gasteiger partial charge >= 0.3 is 5.97 Å². The minimum Gasteiger partial charge on any atom is -0.480 e. The van der Waals surface area contributed by atoms with Gasteiger partial charge in [-0.15, -0.1) is 0 Å². The normalized spacial score (nSPS) is 23.9. The highest BCUT2D eigenvalue weighted by atomic mass is 32.2. The third-order valence-electron chi connectivity index (χ3n) is 3.19. The second-order valence-electron chi connectivity index (χ2n) is 4.93. The van der Waals surface area contributed by atoms with Crippen molar-refractivity contribution in [3.8, 4) is 0 Å². The summed E-state index contributed by atoms with van der Waals surface area (Å²) >= 11 is 0. The van der Waals surface area contributed by atoms with Crippen LogP contribution in [0.25, 0.3) is 0 Å². The molecule has 0 bridgehead atoms. The SMILES string of the molecule is CS(=O)(=O)OC1CC(C(=O)O)N(Cc2ccccc2)C1. The first-order valence-corrected chi connectivity index (χ1v) is 8.06. The Hall–Kier alpha value is -1.44. The number of carboxylic acids is 1. The lowest BCUT2D eigenvalue weighted by molar-refractivity contribution is -0.142. The lowest BCUT2D eigenvalue weighted by atomic mass is 10.2. The van der Waals surface area contributed by atoms with Crippen molar-refractivity contribution in [2.45, 2.75) is 25.1 Å². The first-order valence-electron chi connectivity index (χ1n) is 6.24. The molecule has 0 spiro atoms. The van der Waals surface area contributed by atoms with E-state index >= 15 is 0 Å². The second kappa shape index (κ2) is 5.90. The summed E-state index contributed by atoms with van der Waals surface area (Å²) in [6, 6.07) is 8.74. The molecule has 1 N–H and O–H groups in total. The molecule has 7 heteroatoms. The average Bonchev–Trinajstić information content (AvgIpc) is 2.71. The number of aliphatic carboxylic acids is 1. The monoisotopic (exact) mass is 299 g/mol. The van der Waals surface area contributed by atoms with Gasteiger partial charge in [-0.1, -0.05) is 30.3 Å². The summed E-state index contributed by atoms with van der Waals surface area (Å²) in [5.41, 5.74) is 0.985. The van der Waals surface area contributed by atoms with Crippen LogP contribution in [0, 0.1) is 0 Å². The van der Waals surface area contributed by atoms with Gasteiger partial charge in [-0.2, -0.15) is 8.42 Å². The summed E-state index contributed by atoms with van der Waals surface area (Å²) in [4.78, 5) is 13.0. The van der Waals surface area contributed by atoms with Crippen LogP contribution in [0.2, 0.25) is 0 Å². The molecule has 1 saturated heterocycles. The zero-order valence-corrected chi connectivity index (χ0v) is 11.9. The fraction of sp³-hybridized carbons (Fsp3) is 0.462. The predicted octanol–water partition coefficient (Wildman–Crippen LogP) is 0.690. The standard InChI is InChI=1S/C13H17NO5S/c1-20(17,18)19-11-7-12(13(15)16)14(9-11)8-10-5-3-2-4-6-10/h2-6,11-12H,7-9H2,1H3,(H,15,16). The number of rotatable bonds is 5. The maximum absolute atomic E-state index is 11.3. The molecule has 0 amide bonds. The van der Waals surface area contributed by atoms with Crippen molar-refractivity contribution in [1.29, 1.82) is 0 Å². The summed E-state index contributed by atoms with van der Waals surface area (Å²) in [7, 11) is -3.57. The van der Waals surface area contributed by atoms with Crippen LogP contribution in [-0.4, -0.2) is 49.3 Å². The van der Waals surface area contributed by atoms with Crippen LogP contribution in [0.1, 0.15) is 12.0 Å². The molecule has 1 fully saturated rings. The smallest absolute Gasteiger partial charge is 0.321 e. The summed E-state index contributed by atoms with van der Waals surface area (Å²) in [6.45, 7) is 0.750. The Morgan fingerprint density at radius 1 is 1.40 bits per heavy atom. The Kier molecular flexibility index (Phi) is 4.42. The summed E-state index contributed by atoms with van der Waals surface area (Å²) in [6.07, 6.45) is 0.549. The zero-order chi connectivity index (χ0) is 14.8. The van der Waals surface area contributed by atoms with Crippen molar-refractivity contribution in [2.24, 2.45) is 0 Å². The number of hydrogen-bond donors (Lipinski definition) is 1. The number of hydrogen-bond acceptors (Lipinski definition) is 5. The Bertz CT molecular complexity index is 572. The van der Waals surface area contributed by atoms with Crippen LogP contribution in [0.15, 0.2) is 30.3 Å². The minimum atomic E-state index is -3.57. The summed E-state index contributed by atoms with van der Waals surface area (Å²) in [5.74, 6) is -0.958. The number of nitrogens with zero attached hydrogens (tertiary/aromatic N) is 1. The van der Waals surface area contributed by atoms with E-state index < -0.39 is 28.2 Å². The minimum absolute atomic E-state index is 0.176. The molecule has 1 aliphatic rings. The third kappa shape index (κ3) is 4.03. The fourth-order valence-corrected chi connectivity index (χ4v) is 3.06. The Labute approximate surface area is 118 Å². The van der Waals surface area contributed by atoms with Crippen molar-refractivity contribution in [1.82, 2.24) is 4.90 Å². The Balaban J connectivity index is 2.08. The number of carboxylic acid groups (broad SMARTS) is 1.